The summed E-state index contributed by atoms with van der Waals surface area (Å²) in [7, 11) is 0. The van der Waals surface area contributed by atoms with Gasteiger partial charge in [-0.3, -0.25) is 4.90 Å². The van der Waals surface area contributed by atoms with Gasteiger partial charge in [0.15, 0.2) is 0 Å². The van der Waals surface area contributed by atoms with Crippen molar-refractivity contribution in [3.05, 3.63) is 22.4 Å². The zero-order valence-electron chi connectivity index (χ0n) is 12.8. The van der Waals surface area contributed by atoms with Crippen LogP contribution in [0, 0.1) is 11.3 Å². The summed E-state index contributed by atoms with van der Waals surface area (Å²) in [6.45, 7) is 10.7. The molecule has 1 aliphatic heterocycles. The number of ether oxygens (including phenoxy) is 1. The van der Waals surface area contributed by atoms with E-state index in [1.165, 1.54) is 4.88 Å². The van der Waals surface area contributed by atoms with E-state index < -0.39 is 0 Å². The lowest BCUT2D eigenvalue weighted by molar-refractivity contribution is -0.163. The van der Waals surface area contributed by atoms with Gasteiger partial charge in [-0.1, -0.05) is 26.8 Å². The molecule has 0 spiro atoms. The number of hydrogen-bond acceptors (Lipinski definition) is 4. The number of nitrogens with zero attached hydrogens (tertiary/aromatic N) is 1. The Morgan fingerprint density at radius 2 is 2.30 bits per heavy atom. The van der Waals surface area contributed by atoms with Crippen LogP contribution in [0.1, 0.15) is 32.1 Å². The molecule has 1 aromatic rings. The molecule has 0 radical (unpaired) electrons. The third kappa shape index (κ3) is 2.05. The molecule has 1 saturated heterocycles. The fourth-order valence-corrected chi connectivity index (χ4v) is 4.81. The van der Waals surface area contributed by atoms with Crippen LogP contribution in [0.15, 0.2) is 17.5 Å². The van der Waals surface area contributed by atoms with Gasteiger partial charge in [0.25, 0.3) is 0 Å². The number of thiophene rings is 1. The summed E-state index contributed by atoms with van der Waals surface area (Å²) in [6.07, 6.45) is 1.49. The Morgan fingerprint density at radius 3 is 2.95 bits per heavy atom. The van der Waals surface area contributed by atoms with E-state index in [9.17, 15) is 0 Å². The van der Waals surface area contributed by atoms with E-state index in [2.05, 4.69) is 43.2 Å². The summed E-state index contributed by atoms with van der Waals surface area (Å²) in [5, 5.41) is 2.15. The Balaban J connectivity index is 1.71. The minimum Gasteiger partial charge on any atom is -0.377 e. The molecule has 3 nitrogen and oxygen atoms in total. The number of fused-ring (bicyclic) bond motifs is 1. The van der Waals surface area contributed by atoms with Crippen LogP contribution in [0.3, 0.4) is 0 Å². The van der Waals surface area contributed by atoms with Gasteiger partial charge in [0.2, 0.25) is 0 Å². The first-order valence-corrected chi connectivity index (χ1v) is 8.52. The Hall–Kier alpha value is -0.420. The molecule has 4 heteroatoms. The van der Waals surface area contributed by atoms with Gasteiger partial charge in [0.1, 0.15) is 0 Å². The molecule has 2 N–H and O–H groups in total. The van der Waals surface area contributed by atoms with E-state index in [-0.39, 0.29) is 11.0 Å². The van der Waals surface area contributed by atoms with Gasteiger partial charge in [-0.15, -0.1) is 11.3 Å². The maximum absolute atomic E-state index is 6.85. The highest BCUT2D eigenvalue weighted by molar-refractivity contribution is 7.09. The SMILES string of the molecule is CCN(Cc1cccs1)CC1(N)C2CCOC2C1(C)C. The lowest BCUT2D eigenvalue weighted by Gasteiger charge is -2.63. The molecule has 3 unspecified atom stereocenters. The molecular weight excluding hydrogens is 268 g/mol. The van der Waals surface area contributed by atoms with Crippen LogP contribution < -0.4 is 5.73 Å². The number of nitrogens with two attached hydrogens (primary N) is 1. The van der Waals surface area contributed by atoms with E-state index in [4.69, 9.17) is 10.5 Å². The predicted octanol–water partition coefficient (Wildman–Crippen LogP) is 2.71. The number of hydrogen-bond donors (Lipinski definition) is 1. The van der Waals surface area contributed by atoms with E-state index in [0.29, 0.717) is 12.0 Å². The van der Waals surface area contributed by atoms with Gasteiger partial charge in [-0.2, -0.15) is 0 Å². The minimum absolute atomic E-state index is 0.0804. The van der Waals surface area contributed by atoms with Crippen molar-refractivity contribution in [2.75, 3.05) is 19.7 Å². The molecule has 2 heterocycles. The van der Waals surface area contributed by atoms with Crippen molar-refractivity contribution in [1.29, 1.82) is 0 Å². The van der Waals surface area contributed by atoms with Crippen molar-refractivity contribution in [3.8, 4) is 0 Å². The maximum atomic E-state index is 6.85. The summed E-state index contributed by atoms with van der Waals surface area (Å²) in [5.74, 6) is 0.537. The molecule has 2 aliphatic rings. The van der Waals surface area contributed by atoms with Crippen molar-refractivity contribution >= 4 is 11.3 Å². The lowest BCUT2D eigenvalue weighted by Crippen LogP contribution is -2.78. The molecule has 1 saturated carbocycles. The van der Waals surface area contributed by atoms with Gasteiger partial charge >= 0.3 is 0 Å². The summed E-state index contributed by atoms with van der Waals surface area (Å²) in [5.41, 5.74) is 6.82. The second kappa shape index (κ2) is 5.09. The molecule has 0 bridgehead atoms. The first-order chi connectivity index (χ1) is 9.49. The standard InChI is InChI=1S/C16H26N2OS/c1-4-18(10-12-6-5-9-20-12)11-16(17)13-7-8-19-14(13)15(16,2)3/h5-6,9,13-14H,4,7-8,10-11,17H2,1-3H3. The topological polar surface area (TPSA) is 38.5 Å². The van der Waals surface area contributed by atoms with Crippen LogP contribution >= 0.6 is 11.3 Å². The van der Waals surface area contributed by atoms with Gasteiger partial charge in [0.05, 0.1) is 6.10 Å². The molecule has 1 aromatic heterocycles. The van der Waals surface area contributed by atoms with Crippen LogP contribution in [0.4, 0.5) is 0 Å². The molecule has 0 aromatic carbocycles. The fourth-order valence-electron chi connectivity index (χ4n) is 4.07. The van der Waals surface area contributed by atoms with Crippen LogP contribution in [0.25, 0.3) is 0 Å². The number of rotatable bonds is 5. The highest BCUT2D eigenvalue weighted by atomic mass is 32.1. The predicted molar refractivity (Wildman–Crippen MR) is 83.8 cm³/mol. The van der Waals surface area contributed by atoms with Crippen LogP contribution in [-0.4, -0.2) is 36.2 Å². The van der Waals surface area contributed by atoms with E-state index in [0.717, 1.165) is 32.7 Å². The third-order valence-corrected chi connectivity index (χ3v) is 6.42. The molecular formula is C16H26N2OS. The molecule has 0 amide bonds. The number of likely N-dealkylation sites (N-methyl/N-ethyl adjacent to an activating group) is 1. The Bertz CT molecular complexity index is 459. The zero-order valence-corrected chi connectivity index (χ0v) is 13.6. The Labute approximate surface area is 126 Å². The molecule has 2 fully saturated rings. The third-order valence-electron chi connectivity index (χ3n) is 5.56. The molecule has 1 aliphatic carbocycles. The van der Waals surface area contributed by atoms with E-state index >= 15 is 0 Å². The minimum atomic E-state index is -0.110. The largest absolute Gasteiger partial charge is 0.377 e. The monoisotopic (exact) mass is 294 g/mol. The highest BCUT2D eigenvalue weighted by Gasteiger charge is 2.67. The van der Waals surface area contributed by atoms with Crippen molar-refractivity contribution in [2.24, 2.45) is 17.1 Å². The van der Waals surface area contributed by atoms with Crippen molar-refractivity contribution in [2.45, 2.75) is 45.4 Å². The highest BCUT2D eigenvalue weighted by Crippen LogP contribution is 2.58. The van der Waals surface area contributed by atoms with Crippen LogP contribution in [0.2, 0.25) is 0 Å². The van der Waals surface area contributed by atoms with Crippen LogP contribution in [-0.2, 0) is 11.3 Å². The van der Waals surface area contributed by atoms with Gasteiger partial charge in [-0.25, -0.2) is 0 Å². The second-order valence-electron chi connectivity index (χ2n) is 6.83. The quantitative estimate of drug-likeness (QED) is 0.907. The summed E-state index contributed by atoms with van der Waals surface area (Å²) < 4.78 is 5.89. The zero-order chi connectivity index (χ0) is 14.4. The molecule has 112 valence electrons. The van der Waals surface area contributed by atoms with Crippen molar-refractivity contribution in [1.82, 2.24) is 4.90 Å². The molecule has 3 atom stereocenters. The van der Waals surface area contributed by atoms with Crippen LogP contribution in [0.5, 0.6) is 0 Å². The normalized spacial score (nSPS) is 35.0. The van der Waals surface area contributed by atoms with Gasteiger partial charge in [0, 0.05) is 41.4 Å². The molecule has 3 rings (SSSR count). The van der Waals surface area contributed by atoms with Crippen molar-refractivity contribution in [3.63, 3.8) is 0 Å². The summed E-state index contributed by atoms with van der Waals surface area (Å²) >= 11 is 1.83. The fraction of sp³-hybridized carbons (Fsp3) is 0.750. The Kier molecular flexibility index (Phi) is 3.70. The molecule has 20 heavy (non-hydrogen) atoms. The second-order valence-corrected chi connectivity index (χ2v) is 7.86. The average molecular weight is 294 g/mol. The van der Waals surface area contributed by atoms with Gasteiger partial charge < -0.3 is 10.5 Å². The van der Waals surface area contributed by atoms with E-state index in [1.807, 2.05) is 11.3 Å². The average Bonchev–Trinajstić information content (AvgIpc) is 3.08. The van der Waals surface area contributed by atoms with E-state index in [1.54, 1.807) is 0 Å². The van der Waals surface area contributed by atoms with Crippen molar-refractivity contribution < 1.29 is 4.74 Å². The smallest absolute Gasteiger partial charge is 0.0691 e. The first-order valence-electron chi connectivity index (χ1n) is 7.64. The maximum Gasteiger partial charge on any atom is 0.0691 e. The lowest BCUT2D eigenvalue weighted by atomic mass is 9.48. The Morgan fingerprint density at radius 1 is 1.50 bits per heavy atom. The summed E-state index contributed by atoms with van der Waals surface area (Å²) in [6, 6.07) is 4.34. The summed E-state index contributed by atoms with van der Waals surface area (Å²) in [4.78, 5) is 3.91. The van der Waals surface area contributed by atoms with Gasteiger partial charge in [-0.05, 0) is 24.4 Å². The first kappa shape index (κ1) is 14.5.